The van der Waals surface area contributed by atoms with Gasteiger partial charge >= 0.3 is 5.97 Å². The van der Waals surface area contributed by atoms with E-state index in [9.17, 15) is 9.90 Å². The molecule has 4 aliphatic carbocycles. The lowest BCUT2D eigenvalue weighted by Crippen LogP contribution is -2.61. The molecular weight excluding hydrogens is 512 g/mol. The van der Waals surface area contributed by atoms with Crippen LogP contribution in [0.5, 0.6) is 11.5 Å². The average Bonchev–Trinajstić information content (AvgIpc) is 3.37. The van der Waals surface area contributed by atoms with Gasteiger partial charge in [0.15, 0.2) is 0 Å². The lowest BCUT2D eigenvalue weighted by atomic mass is 9.33. The second kappa shape index (κ2) is 9.35. The zero-order valence-corrected chi connectivity index (χ0v) is 24.8. The van der Waals surface area contributed by atoms with Crippen molar-refractivity contribution >= 4 is 22.7 Å². The fourth-order valence-corrected chi connectivity index (χ4v) is 8.52. The van der Waals surface area contributed by atoms with Gasteiger partial charge in [-0.3, -0.25) is 4.90 Å². The number of hydrogen-bond acceptors (Lipinski definition) is 5. The molecule has 7 heteroatoms. The molecule has 1 saturated heterocycles. The monoisotopic (exact) mass is 554 g/mol. The molecule has 1 aromatic carbocycles. The molecule has 2 aromatic heterocycles. The van der Waals surface area contributed by atoms with Gasteiger partial charge in [-0.05, 0) is 86.0 Å². The first-order valence-corrected chi connectivity index (χ1v) is 15.2. The highest BCUT2D eigenvalue weighted by molar-refractivity contribution is 5.93. The number of aromatic carboxylic acids is 1. The standard InChI is InChI=1S/C34H42N4O3/c1-22-28(6-5-26(31(39)40)29(22)41-25-15-23-8-10-35-30(23)36-17-25)38-13-11-37(12-14-38)18-24-7-9-32(2,3)16-27(24)34-19-33(4,20-34)21-34/h5-6,8,10,15,17H,7,9,11-14,16,18-21H2,1-4H3,(H,35,36)(H,39,40). The number of rotatable bonds is 7. The fraction of sp³-hybridized carbons (Fsp3) is 0.529. The number of pyridine rings is 1. The summed E-state index contributed by atoms with van der Waals surface area (Å²) in [5, 5.41) is 10.8. The Hall–Kier alpha value is -3.32. The van der Waals surface area contributed by atoms with Crippen LogP contribution in [-0.4, -0.2) is 58.7 Å². The number of aromatic amines is 1. The molecule has 4 fully saturated rings. The molecule has 0 unspecified atom stereocenters. The molecule has 2 bridgehead atoms. The van der Waals surface area contributed by atoms with E-state index < -0.39 is 5.97 Å². The van der Waals surface area contributed by atoms with Gasteiger partial charge < -0.3 is 19.7 Å². The number of piperazine rings is 1. The summed E-state index contributed by atoms with van der Waals surface area (Å²) in [4.78, 5) is 24.6. The van der Waals surface area contributed by atoms with Crippen LogP contribution in [0.25, 0.3) is 11.0 Å². The molecule has 1 aliphatic heterocycles. The van der Waals surface area contributed by atoms with Crippen molar-refractivity contribution in [2.24, 2.45) is 16.2 Å². The van der Waals surface area contributed by atoms with Crippen molar-refractivity contribution in [1.82, 2.24) is 14.9 Å². The van der Waals surface area contributed by atoms with Gasteiger partial charge in [0, 0.05) is 55.6 Å². The Morgan fingerprint density at radius 1 is 1.10 bits per heavy atom. The fourth-order valence-electron chi connectivity index (χ4n) is 8.52. The zero-order chi connectivity index (χ0) is 28.6. The van der Waals surface area contributed by atoms with Gasteiger partial charge in [0.1, 0.15) is 22.7 Å². The van der Waals surface area contributed by atoms with E-state index >= 15 is 0 Å². The lowest BCUT2D eigenvalue weighted by Gasteiger charge is -2.72. The summed E-state index contributed by atoms with van der Waals surface area (Å²) in [7, 11) is 0. The third-order valence-corrected chi connectivity index (χ3v) is 10.5. The van der Waals surface area contributed by atoms with E-state index in [0.717, 1.165) is 55.0 Å². The molecule has 2 N–H and O–H groups in total. The second-order valence-corrected chi connectivity index (χ2v) is 14.4. The molecule has 0 amide bonds. The number of benzene rings is 1. The number of ether oxygens (including phenoxy) is 1. The summed E-state index contributed by atoms with van der Waals surface area (Å²) >= 11 is 0. The molecule has 216 valence electrons. The number of carboxylic acids is 1. The number of fused-ring (bicyclic) bond motifs is 1. The smallest absolute Gasteiger partial charge is 0.339 e. The number of H-pyrrole nitrogens is 1. The predicted molar refractivity (Wildman–Crippen MR) is 162 cm³/mol. The number of allylic oxidation sites excluding steroid dienone is 1. The number of carbonyl (C=O) groups is 1. The van der Waals surface area contributed by atoms with Crippen molar-refractivity contribution < 1.29 is 14.6 Å². The summed E-state index contributed by atoms with van der Waals surface area (Å²) in [5.41, 5.74) is 8.00. The quantitative estimate of drug-likeness (QED) is 0.301. The van der Waals surface area contributed by atoms with Gasteiger partial charge in [0.25, 0.3) is 0 Å². The summed E-state index contributed by atoms with van der Waals surface area (Å²) in [5.74, 6) is -0.0734. The van der Waals surface area contributed by atoms with E-state index in [1.165, 1.54) is 38.5 Å². The summed E-state index contributed by atoms with van der Waals surface area (Å²) in [6, 6.07) is 7.44. The maximum atomic E-state index is 12.1. The minimum atomic E-state index is -0.993. The Kier molecular flexibility index (Phi) is 6.06. The number of aromatic nitrogens is 2. The van der Waals surface area contributed by atoms with Crippen LogP contribution in [-0.2, 0) is 0 Å². The number of carboxylic acid groups (broad SMARTS) is 1. The lowest BCUT2D eigenvalue weighted by molar-refractivity contribution is -0.167. The van der Waals surface area contributed by atoms with Crippen molar-refractivity contribution in [1.29, 1.82) is 0 Å². The largest absolute Gasteiger partial charge is 0.478 e. The first kappa shape index (κ1) is 26.6. The normalized spacial score (nSPS) is 27.5. The topological polar surface area (TPSA) is 81.7 Å². The summed E-state index contributed by atoms with van der Waals surface area (Å²) in [6.45, 7) is 14.3. The minimum absolute atomic E-state index is 0.168. The Balaban J connectivity index is 1.08. The van der Waals surface area contributed by atoms with Crippen LogP contribution >= 0.6 is 0 Å². The molecule has 41 heavy (non-hydrogen) atoms. The van der Waals surface area contributed by atoms with Crippen molar-refractivity contribution in [3.05, 3.63) is 58.9 Å². The molecule has 3 aromatic rings. The van der Waals surface area contributed by atoms with Crippen LogP contribution in [0.1, 0.15) is 75.2 Å². The molecular formula is C34H42N4O3. The van der Waals surface area contributed by atoms with E-state index in [4.69, 9.17) is 4.74 Å². The predicted octanol–water partition coefficient (Wildman–Crippen LogP) is 7.18. The first-order valence-electron chi connectivity index (χ1n) is 15.2. The molecule has 3 saturated carbocycles. The molecule has 7 nitrogen and oxygen atoms in total. The number of hydrogen-bond donors (Lipinski definition) is 2. The highest BCUT2D eigenvalue weighted by Crippen LogP contribution is 2.77. The summed E-state index contributed by atoms with van der Waals surface area (Å²) < 4.78 is 6.22. The van der Waals surface area contributed by atoms with Crippen molar-refractivity contribution in [3.8, 4) is 11.5 Å². The zero-order valence-electron chi connectivity index (χ0n) is 24.8. The van der Waals surface area contributed by atoms with Crippen molar-refractivity contribution in [2.75, 3.05) is 37.6 Å². The van der Waals surface area contributed by atoms with Crippen LogP contribution in [0, 0.1) is 23.2 Å². The first-order chi connectivity index (χ1) is 19.5. The van der Waals surface area contributed by atoms with Crippen LogP contribution in [0.15, 0.2) is 47.8 Å². The van der Waals surface area contributed by atoms with E-state index in [1.807, 2.05) is 36.9 Å². The Labute approximate surface area is 242 Å². The van der Waals surface area contributed by atoms with Crippen LogP contribution in [0.2, 0.25) is 0 Å². The highest BCUT2D eigenvalue weighted by Gasteiger charge is 2.66. The SMILES string of the molecule is Cc1c(N2CCN(CC3=C(C45CC(C)(C4)C5)CC(C)(C)CC3)CC2)ccc(C(=O)O)c1Oc1cnc2[nH]ccc2c1. The van der Waals surface area contributed by atoms with Gasteiger partial charge in [-0.15, -0.1) is 0 Å². The third-order valence-electron chi connectivity index (χ3n) is 10.5. The Bertz CT molecular complexity index is 1540. The van der Waals surface area contributed by atoms with Gasteiger partial charge in [0.2, 0.25) is 0 Å². The van der Waals surface area contributed by atoms with E-state index in [-0.39, 0.29) is 5.56 Å². The number of nitrogens with one attached hydrogen (secondary N) is 1. The minimum Gasteiger partial charge on any atom is -0.478 e. The molecule has 0 spiro atoms. The number of anilines is 1. The Morgan fingerprint density at radius 2 is 1.85 bits per heavy atom. The maximum Gasteiger partial charge on any atom is 0.339 e. The molecule has 5 aliphatic rings. The molecule has 3 heterocycles. The van der Waals surface area contributed by atoms with Gasteiger partial charge in [-0.2, -0.15) is 0 Å². The van der Waals surface area contributed by atoms with Crippen molar-refractivity contribution in [2.45, 2.75) is 66.2 Å². The molecule has 0 radical (unpaired) electrons. The van der Waals surface area contributed by atoms with Crippen LogP contribution in [0.4, 0.5) is 5.69 Å². The van der Waals surface area contributed by atoms with E-state index in [2.05, 4.69) is 40.5 Å². The van der Waals surface area contributed by atoms with Crippen LogP contribution in [0.3, 0.4) is 0 Å². The second-order valence-electron chi connectivity index (χ2n) is 14.4. The number of nitrogens with zero attached hydrogens (tertiary/aromatic N) is 3. The summed E-state index contributed by atoms with van der Waals surface area (Å²) in [6.07, 6.45) is 11.5. The van der Waals surface area contributed by atoms with E-state index in [0.29, 0.717) is 27.7 Å². The molecule has 8 rings (SSSR count). The van der Waals surface area contributed by atoms with Gasteiger partial charge in [-0.1, -0.05) is 31.9 Å². The maximum absolute atomic E-state index is 12.1. The van der Waals surface area contributed by atoms with E-state index in [1.54, 1.807) is 17.8 Å². The van der Waals surface area contributed by atoms with Gasteiger partial charge in [-0.25, -0.2) is 9.78 Å². The van der Waals surface area contributed by atoms with Gasteiger partial charge in [0.05, 0.1) is 6.20 Å². The van der Waals surface area contributed by atoms with Crippen molar-refractivity contribution in [3.63, 3.8) is 0 Å². The Morgan fingerprint density at radius 3 is 2.56 bits per heavy atom. The molecule has 0 atom stereocenters. The average molecular weight is 555 g/mol. The van der Waals surface area contributed by atoms with Crippen LogP contribution < -0.4 is 9.64 Å². The highest BCUT2D eigenvalue weighted by atomic mass is 16.5. The third kappa shape index (κ3) is 4.62.